The number of nitrogen functional groups attached to an aromatic ring is 1. The second kappa shape index (κ2) is 7.11. The fourth-order valence-electron chi connectivity index (χ4n) is 1.71. The maximum absolute atomic E-state index is 12.1. The predicted molar refractivity (Wildman–Crippen MR) is 92.5 cm³/mol. The Morgan fingerprint density at radius 3 is 2.50 bits per heavy atom. The molecule has 0 aliphatic carbocycles. The molecule has 22 heavy (non-hydrogen) atoms. The molecule has 5 nitrogen and oxygen atoms in total. The van der Waals surface area contributed by atoms with Crippen molar-refractivity contribution in [1.29, 1.82) is 0 Å². The molecule has 0 bridgehead atoms. The number of hydrogen-bond acceptors (Lipinski definition) is 4. The van der Waals surface area contributed by atoms with Gasteiger partial charge in [-0.3, -0.25) is 10.1 Å². The number of methoxy groups -OCH3 is 1. The molecule has 0 atom stereocenters. The number of nitrogens with one attached hydrogen (secondary N) is 2. The molecule has 2 aromatic rings. The molecule has 4 N–H and O–H groups in total. The maximum atomic E-state index is 12.1. The Balaban J connectivity index is 2.00. The number of amides is 1. The molecule has 0 heterocycles. The lowest BCUT2D eigenvalue weighted by Crippen LogP contribution is -2.34. The number of rotatable bonds is 3. The van der Waals surface area contributed by atoms with Crippen molar-refractivity contribution in [2.45, 2.75) is 0 Å². The van der Waals surface area contributed by atoms with E-state index in [2.05, 4.69) is 10.6 Å². The molecule has 0 unspecified atom stereocenters. The molecule has 0 aliphatic heterocycles. The summed E-state index contributed by atoms with van der Waals surface area (Å²) in [7, 11) is 1.51. The number of nitrogens with two attached hydrogens (primary N) is 1. The van der Waals surface area contributed by atoms with E-state index in [1.165, 1.54) is 13.2 Å². The molecule has 2 rings (SSSR count). The highest BCUT2D eigenvalue weighted by Crippen LogP contribution is 2.24. The number of ether oxygens (including phenoxy) is 1. The van der Waals surface area contributed by atoms with Gasteiger partial charge in [0.25, 0.3) is 5.91 Å². The van der Waals surface area contributed by atoms with Crippen LogP contribution in [0.25, 0.3) is 0 Å². The van der Waals surface area contributed by atoms with Crippen LogP contribution in [0.1, 0.15) is 10.4 Å². The van der Waals surface area contributed by atoms with E-state index in [1.54, 1.807) is 36.4 Å². The van der Waals surface area contributed by atoms with Crippen molar-refractivity contribution in [3.05, 3.63) is 53.1 Å². The summed E-state index contributed by atoms with van der Waals surface area (Å²) < 4.78 is 5.04. The first kappa shape index (κ1) is 16.1. The first-order valence-corrected chi connectivity index (χ1v) is 7.09. The summed E-state index contributed by atoms with van der Waals surface area (Å²) in [5.41, 5.74) is 7.36. The SMILES string of the molecule is COc1ccc(C(=O)NC(=S)Nc2ccc(N)cc2)cc1Cl. The van der Waals surface area contributed by atoms with Crippen LogP contribution in [0.15, 0.2) is 42.5 Å². The highest BCUT2D eigenvalue weighted by atomic mass is 35.5. The van der Waals surface area contributed by atoms with E-state index >= 15 is 0 Å². The van der Waals surface area contributed by atoms with Gasteiger partial charge in [-0.05, 0) is 54.7 Å². The zero-order valence-electron chi connectivity index (χ0n) is 11.7. The van der Waals surface area contributed by atoms with Gasteiger partial charge in [-0.15, -0.1) is 0 Å². The number of anilines is 2. The summed E-state index contributed by atoms with van der Waals surface area (Å²) >= 11 is 11.1. The topological polar surface area (TPSA) is 76.4 Å². The van der Waals surface area contributed by atoms with Gasteiger partial charge >= 0.3 is 0 Å². The fourth-order valence-corrected chi connectivity index (χ4v) is 2.18. The van der Waals surface area contributed by atoms with E-state index in [0.717, 1.165) is 5.69 Å². The predicted octanol–water partition coefficient (Wildman–Crippen LogP) is 3.06. The van der Waals surface area contributed by atoms with E-state index in [-0.39, 0.29) is 11.0 Å². The lowest BCUT2D eigenvalue weighted by Gasteiger charge is -2.10. The maximum Gasteiger partial charge on any atom is 0.257 e. The number of thiocarbonyl (C=S) groups is 1. The number of hydrogen-bond donors (Lipinski definition) is 3. The summed E-state index contributed by atoms with van der Waals surface area (Å²) in [5.74, 6) is 0.137. The van der Waals surface area contributed by atoms with Crippen molar-refractivity contribution in [2.24, 2.45) is 0 Å². The number of halogens is 1. The molecule has 0 fully saturated rings. The summed E-state index contributed by atoms with van der Waals surface area (Å²) in [5, 5.41) is 6.00. The first-order valence-electron chi connectivity index (χ1n) is 6.31. The highest BCUT2D eigenvalue weighted by Gasteiger charge is 2.10. The minimum absolute atomic E-state index is 0.182. The molecular formula is C15H14ClN3O2S. The molecule has 0 aromatic heterocycles. The Labute approximate surface area is 138 Å². The minimum atomic E-state index is -0.363. The zero-order valence-corrected chi connectivity index (χ0v) is 13.3. The Morgan fingerprint density at radius 1 is 1.23 bits per heavy atom. The number of carbonyl (C=O) groups excluding carboxylic acids is 1. The Morgan fingerprint density at radius 2 is 1.91 bits per heavy atom. The van der Waals surface area contributed by atoms with E-state index in [1.807, 2.05) is 0 Å². The fraction of sp³-hybridized carbons (Fsp3) is 0.0667. The molecule has 0 radical (unpaired) electrons. The van der Waals surface area contributed by atoms with Crippen molar-refractivity contribution in [3.8, 4) is 5.75 Å². The zero-order chi connectivity index (χ0) is 16.1. The Hall–Kier alpha value is -2.31. The smallest absolute Gasteiger partial charge is 0.257 e. The van der Waals surface area contributed by atoms with Crippen LogP contribution in [0, 0.1) is 0 Å². The van der Waals surface area contributed by atoms with Crippen LogP contribution < -0.4 is 21.1 Å². The molecule has 2 aromatic carbocycles. The van der Waals surface area contributed by atoms with Gasteiger partial charge in [-0.25, -0.2) is 0 Å². The second-order valence-electron chi connectivity index (χ2n) is 4.38. The van der Waals surface area contributed by atoms with Crippen LogP contribution in [0.4, 0.5) is 11.4 Å². The third kappa shape index (κ3) is 4.09. The molecule has 0 saturated carbocycles. The van der Waals surface area contributed by atoms with E-state index in [9.17, 15) is 4.79 Å². The van der Waals surface area contributed by atoms with Crippen molar-refractivity contribution in [1.82, 2.24) is 5.32 Å². The van der Waals surface area contributed by atoms with Crippen molar-refractivity contribution >= 4 is 46.2 Å². The largest absolute Gasteiger partial charge is 0.495 e. The van der Waals surface area contributed by atoms with Crippen LogP contribution in [0.3, 0.4) is 0 Å². The average Bonchev–Trinajstić information content (AvgIpc) is 2.49. The third-order valence-corrected chi connectivity index (χ3v) is 3.31. The van der Waals surface area contributed by atoms with Gasteiger partial charge in [0.15, 0.2) is 5.11 Å². The Bertz CT molecular complexity index is 704. The molecule has 0 aliphatic rings. The standard InChI is InChI=1S/C15H14ClN3O2S/c1-21-13-7-2-9(8-12(13)16)14(20)19-15(22)18-11-5-3-10(17)4-6-11/h2-8H,17H2,1H3,(H2,18,19,20,22). The van der Waals surface area contributed by atoms with Gasteiger partial charge < -0.3 is 15.8 Å². The van der Waals surface area contributed by atoms with E-state index < -0.39 is 0 Å². The van der Waals surface area contributed by atoms with E-state index in [0.29, 0.717) is 22.0 Å². The second-order valence-corrected chi connectivity index (χ2v) is 5.20. The molecule has 114 valence electrons. The van der Waals surface area contributed by atoms with Crippen LogP contribution in [0.5, 0.6) is 5.75 Å². The first-order chi connectivity index (χ1) is 10.5. The Kier molecular flexibility index (Phi) is 5.19. The van der Waals surface area contributed by atoms with Crippen molar-refractivity contribution in [3.63, 3.8) is 0 Å². The molecule has 0 saturated heterocycles. The molecule has 1 amide bonds. The number of benzene rings is 2. The van der Waals surface area contributed by atoms with E-state index in [4.69, 9.17) is 34.3 Å². The monoisotopic (exact) mass is 335 g/mol. The van der Waals surface area contributed by atoms with Crippen LogP contribution >= 0.6 is 23.8 Å². The van der Waals surface area contributed by atoms with Crippen LogP contribution in [-0.4, -0.2) is 18.1 Å². The molecular weight excluding hydrogens is 322 g/mol. The third-order valence-electron chi connectivity index (χ3n) is 2.81. The lowest BCUT2D eigenvalue weighted by molar-refractivity contribution is 0.0977. The van der Waals surface area contributed by atoms with Gasteiger partial charge in [-0.1, -0.05) is 11.6 Å². The minimum Gasteiger partial charge on any atom is -0.495 e. The summed E-state index contributed by atoms with van der Waals surface area (Å²) in [6.07, 6.45) is 0. The summed E-state index contributed by atoms with van der Waals surface area (Å²) in [6, 6.07) is 11.7. The van der Waals surface area contributed by atoms with Crippen LogP contribution in [-0.2, 0) is 0 Å². The van der Waals surface area contributed by atoms with Gasteiger partial charge in [0.2, 0.25) is 0 Å². The average molecular weight is 336 g/mol. The highest BCUT2D eigenvalue weighted by molar-refractivity contribution is 7.80. The van der Waals surface area contributed by atoms with Crippen molar-refractivity contribution in [2.75, 3.05) is 18.2 Å². The normalized spacial score (nSPS) is 9.91. The molecule has 0 spiro atoms. The van der Waals surface area contributed by atoms with Gasteiger partial charge in [0.1, 0.15) is 5.75 Å². The van der Waals surface area contributed by atoms with Gasteiger partial charge in [-0.2, -0.15) is 0 Å². The van der Waals surface area contributed by atoms with Crippen molar-refractivity contribution < 1.29 is 9.53 Å². The van der Waals surface area contributed by atoms with Gasteiger partial charge in [0, 0.05) is 16.9 Å². The van der Waals surface area contributed by atoms with Crippen LogP contribution in [0.2, 0.25) is 5.02 Å². The molecule has 7 heteroatoms. The lowest BCUT2D eigenvalue weighted by atomic mass is 10.2. The summed E-state index contributed by atoms with van der Waals surface area (Å²) in [4.78, 5) is 12.1. The van der Waals surface area contributed by atoms with Gasteiger partial charge in [0.05, 0.1) is 12.1 Å². The quantitative estimate of drug-likeness (QED) is 0.593. The summed E-state index contributed by atoms with van der Waals surface area (Å²) in [6.45, 7) is 0. The number of carbonyl (C=O) groups is 1.